The monoisotopic (exact) mass is 362 g/mol. The number of carbonyl (C=O) groups is 1. The number of benzene rings is 1. The number of ether oxygens (including phenoxy) is 2. The van der Waals surface area contributed by atoms with Crippen LogP contribution in [0.1, 0.15) is 15.9 Å². The molecule has 1 saturated heterocycles. The first-order valence-electron chi connectivity index (χ1n) is 7.95. The van der Waals surface area contributed by atoms with Crippen LogP contribution in [0.5, 0.6) is 0 Å². The molecule has 1 N–H and O–H groups in total. The van der Waals surface area contributed by atoms with E-state index < -0.39 is 5.97 Å². The van der Waals surface area contributed by atoms with Crippen LogP contribution >= 0.6 is 11.6 Å². The molecule has 132 valence electrons. The van der Waals surface area contributed by atoms with Gasteiger partial charge in [-0.05, 0) is 5.56 Å². The number of hydrogen-bond acceptors (Lipinski definition) is 7. The lowest BCUT2D eigenvalue weighted by Crippen LogP contribution is -2.37. The predicted octanol–water partition coefficient (Wildman–Crippen LogP) is 2.37. The van der Waals surface area contributed by atoms with Crippen LogP contribution in [-0.4, -0.2) is 49.4 Å². The third kappa shape index (κ3) is 4.18. The Labute approximate surface area is 150 Å². The molecule has 1 aliphatic rings. The minimum atomic E-state index is -0.575. The van der Waals surface area contributed by atoms with Crippen molar-refractivity contribution >= 4 is 29.3 Å². The number of methoxy groups -OCH3 is 1. The summed E-state index contributed by atoms with van der Waals surface area (Å²) in [7, 11) is 1.30. The average Bonchev–Trinajstić information content (AvgIpc) is 2.67. The van der Waals surface area contributed by atoms with Gasteiger partial charge in [-0.2, -0.15) is 9.97 Å². The molecule has 1 aromatic heterocycles. The molecular formula is C17H19ClN4O3. The van der Waals surface area contributed by atoms with Crippen molar-refractivity contribution in [2.24, 2.45) is 0 Å². The Bertz CT molecular complexity index is 736. The summed E-state index contributed by atoms with van der Waals surface area (Å²) in [4.78, 5) is 22.8. The SMILES string of the molecule is COC(=O)c1c(Cl)nc(N2CCOCC2)nc1NCc1ccccc1. The first-order valence-corrected chi connectivity index (χ1v) is 8.33. The maximum atomic E-state index is 12.1. The van der Waals surface area contributed by atoms with E-state index in [1.165, 1.54) is 7.11 Å². The van der Waals surface area contributed by atoms with Gasteiger partial charge in [0.15, 0.2) is 5.15 Å². The van der Waals surface area contributed by atoms with Crippen molar-refractivity contribution in [2.45, 2.75) is 6.54 Å². The van der Waals surface area contributed by atoms with Crippen LogP contribution in [0.2, 0.25) is 5.15 Å². The van der Waals surface area contributed by atoms with Crippen LogP contribution in [0.25, 0.3) is 0 Å². The summed E-state index contributed by atoms with van der Waals surface area (Å²) in [5.41, 5.74) is 1.19. The Morgan fingerprint density at radius 1 is 1.28 bits per heavy atom. The van der Waals surface area contributed by atoms with Crippen molar-refractivity contribution in [1.29, 1.82) is 0 Å². The second-order valence-electron chi connectivity index (χ2n) is 5.47. The van der Waals surface area contributed by atoms with Crippen molar-refractivity contribution in [1.82, 2.24) is 9.97 Å². The van der Waals surface area contributed by atoms with E-state index in [1.807, 2.05) is 35.2 Å². The maximum absolute atomic E-state index is 12.1. The van der Waals surface area contributed by atoms with Gasteiger partial charge in [-0.15, -0.1) is 0 Å². The number of hydrogen-bond donors (Lipinski definition) is 1. The molecule has 7 nitrogen and oxygen atoms in total. The molecule has 25 heavy (non-hydrogen) atoms. The molecule has 0 radical (unpaired) electrons. The molecule has 8 heteroatoms. The van der Waals surface area contributed by atoms with Crippen molar-refractivity contribution in [2.75, 3.05) is 43.6 Å². The summed E-state index contributed by atoms with van der Waals surface area (Å²) in [6, 6.07) is 9.81. The van der Waals surface area contributed by atoms with E-state index in [-0.39, 0.29) is 10.7 Å². The first kappa shape index (κ1) is 17.4. The third-order valence-electron chi connectivity index (χ3n) is 3.84. The Morgan fingerprint density at radius 2 is 2.00 bits per heavy atom. The minimum absolute atomic E-state index is 0.0684. The fourth-order valence-electron chi connectivity index (χ4n) is 2.52. The molecular weight excluding hydrogens is 344 g/mol. The Balaban J connectivity index is 1.90. The smallest absolute Gasteiger partial charge is 0.344 e. The quantitative estimate of drug-likeness (QED) is 0.646. The summed E-state index contributed by atoms with van der Waals surface area (Å²) < 4.78 is 10.2. The predicted molar refractivity (Wildman–Crippen MR) is 95.2 cm³/mol. The number of esters is 1. The Kier molecular flexibility index (Phi) is 5.67. The van der Waals surface area contributed by atoms with Gasteiger partial charge in [0.25, 0.3) is 0 Å². The highest BCUT2D eigenvalue weighted by atomic mass is 35.5. The maximum Gasteiger partial charge on any atom is 0.344 e. The number of rotatable bonds is 5. The summed E-state index contributed by atoms with van der Waals surface area (Å²) in [6.45, 7) is 3.05. The van der Waals surface area contributed by atoms with Crippen LogP contribution in [0.3, 0.4) is 0 Å². The molecule has 0 aliphatic carbocycles. The largest absolute Gasteiger partial charge is 0.465 e. The van der Waals surface area contributed by atoms with E-state index in [9.17, 15) is 4.79 Å². The molecule has 0 amide bonds. The number of nitrogens with one attached hydrogen (secondary N) is 1. The van der Waals surface area contributed by atoms with Gasteiger partial charge in [0.2, 0.25) is 5.95 Å². The Hall–Kier alpha value is -2.38. The van der Waals surface area contributed by atoms with E-state index >= 15 is 0 Å². The third-order valence-corrected chi connectivity index (χ3v) is 4.11. The van der Waals surface area contributed by atoms with Gasteiger partial charge in [0.1, 0.15) is 11.4 Å². The minimum Gasteiger partial charge on any atom is -0.465 e. The number of anilines is 2. The summed E-state index contributed by atoms with van der Waals surface area (Å²) in [6.07, 6.45) is 0. The second-order valence-corrected chi connectivity index (χ2v) is 5.83. The number of morpholine rings is 1. The first-order chi connectivity index (χ1) is 12.2. The molecule has 0 saturated carbocycles. The molecule has 3 rings (SSSR count). The van der Waals surface area contributed by atoms with Gasteiger partial charge in [-0.25, -0.2) is 4.79 Å². The van der Waals surface area contributed by atoms with Gasteiger partial charge < -0.3 is 19.7 Å². The van der Waals surface area contributed by atoms with Crippen molar-refractivity contribution in [3.63, 3.8) is 0 Å². The normalized spacial score (nSPS) is 14.2. The average molecular weight is 363 g/mol. The molecule has 0 bridgehead atoms. The zero-order valence-electron chi connectivity index (χ0n) is 13.9. The fraction of sp³-hybridized carbons (Fsp3) is 0.353. The molecule has 1 fully saturated rings. The van der Waals surface area contributed by atoms with E-state index in [2.05, 4.69) is 15.3 Å². The van der Waals surface area contributed by atoms with Crippen LogP contribution in [0.15, 0.2) is 30.3 Å². The highest BCUT2D eigenvalue weighted by Gasteiger charge is 2.23. The van der Waals surface area contributed by atoms with Gasteiger partial charge in [-0.3, -0.25) is 0 Å². The lowest BCUT2D eigenvalue weighted by Gasteiger charge is -2.27. The lowest BCUT2D eigenvalue weighted by molar-refractivity contribution is 0.0601. The highest BCUT2D eigenvalue weighted by molar-refractivity contribution is 6.33. The zero-order chi connectivity index (χ0) is 17.6. The number of halogens is 1. The number of carbonyl (C=O) groups excluding carboxylic acids is 1. The van der Waals surface area contributed by atoms with Gasteiger partial charge in [0, 0.05) is 19.6 Å². The summed E-state index contributed by atoms with van der Waals surface area (Å²) >= 11 is 6.26. The van der Waals surface area contributed by atoms with Crippen LogP contribution < -0.4 is 10.2 Å². The zero-order valence-corrected chi connectivity index (χ0v) is 14.6. The van der Waals surface area contributed by atoms with Gasteiger partial charge in [0.05, 0.1) is 20.3 Å². The topological polar surface area (TPSA) is 76.6 Å². The van der Waals surface area contributed by atoms with Gasteiger partial charge >= 0.3 is 5.97 Å². The standard InChI is InChI=1S/C17H19ClN4O3/c1-24-16(23)13-14(18)20-17(22-7-9-25-10-8-22)21-15(13)19-11-12-5-3-2-4-6-12/h2-6H,7-11H2,1H3,(H,19,20,21). The summed E-state index contributed by atoms with van der Waals surface area (Å²) in [5, 5.41) is 3.24. The second kappa shape index (κ2) is 8.13. The summed E-state index contributed by atoms with van der Waals surface area (Å²) in [5.74, 6) is 0.253. The van der Waals surface area contributed by atoms with Gasteiger partial charge in [-0.1, -0.05) is 41.9 Å². The van der Waals surface area contributed by atoms with E-state index in [4.69, 9.17) is 21.1 Å². The number of nitrogens with zero attached hydrogens (tertiary/aromatic N) is 3. The van der Waals surface area contributed by atoms with Crippen molar-refractivity contribution in [3.8, 4) is 0 Å². The van der Waals surface area contributed by atoms with Crippen LogP contribution in [0, 0.1) is 0 Å². The molecule has 2 aromatic rings. The highest BCUT2D eigenvalue weighted by Crippen LogP contribution is 2.26. The van der Waals surface area contributed by atoms with Crippen LogP contribution in [-0.2, 0) is 16.0 Å². The lowest BCUT2D eigenvalue weighted by atomic mass is 10.2. The molecule has 0 atom stereocenters. The molecule has 0 spiro atoms. The van der Waals surface area contributed by atoms with E-state index in [0.29, 0.717) is 44.6 Å². The Morgan fingerprint density at radius 3 is 2.68 bits per heavy atom. The molecule has 1 aliphatic heterocycles. The van der Waals surface area contributed by atoms with E-state index in [0.717, 1.165) is 5.56 Å². The van der Waals surface area contributed by atoms with Crippen molar-refractivity contribution < 1.29 is 14.3 Å². The molecule has 2 heterocycles. The van der Waals surface area contributed by atoms with Crippen molar-refractivity contribution in [3.05, 3.63) is 46.6 Å². The fourth-order valence-corrected chi connectivity index (χ4v) is 2.76. The molecule has 1 aromatic carbocycles. The van der Waals surface area contributed by atoms with E-state index in [1.54, 1.807) is 0 Å². The van der Waals surface area contributed by atoms with Crippen LogP contribution in [0.4, 0.5) is 11.8 Å². The molecule has 0 unspecified atom stereocenters. The number of aromatic nitrogens is 2.